The molecule has 0 spiro atoms. The molecule has 1 aliphatic carbocycles. The first-order chi connectivity index (χ1) is 5.31. The number of hydrogen-bond donors (Lipinski definition) is 0. The molecule has 0 saturated heterocycles. The van der Waals surface area contributed by atoms with E-state index >= 15 is 0 Å². The van der Waals surface area contributed by atoms with Crippen LogP contribution in [0, 0.1) is 0 Å². The fourth-order valence-electron chi connectivity index (χ4n) is 1.51. The summed E-state index contributed by atoms with van der Waals surface area (Å²) in [4.78, 5) is 0. The molecule has 0 radical (unpaired) electrons. The topological polar surface area (TPSA) is 0 Å². The normalized spacial score (nSPS) is 17.1. The molecule has 0 amide bonds. The molecule has 0 saturated carbocycles. The van der Waals surface area contributed by atoms with E-state index in [4.69, 9.17) is 0 Å². The Morgan fingerprint density at radius 1 is 1.45 bits per heavy atom. The second-order valence-corrected chi connectivity index (χ2v) is 2.95. The van der Waals surface area contributed by atoms with Gasteiger partial charge in [-0.25, -0.2) is 0 Å². The summed E-state index contributed by atoms with van der Waals surface area (Å²) in [6.07, 6.45) is 7.80. The molecule has 1 rings (SSSR count). The lowest BCUT2D eigenvalue weighted by Gasteiger charge is -1.99. The van der Waals surface area contributed by atoms with Gasteiger partial charge in [0.1, 0.15) is 0 Å². The molecule has 0 aromatic heterocycles. The van der Waals surface area contributed by atoms with Crippen molar-refractivity contribution in [2.45, 2.75) is 33.1 Å². The van der Waals surface area contributed by atoms with Crippen molar-refractivity contribution < 1.29 is 0 Å². The van der Waals surface area contributed by atoms with Gasteiger partial charge in [-0.1, -0.05) is 43.7 Å². The molecule has 0 aromatic rings. The van der Waals surface area contributed by atoms with Crippen molar-refractivity contribution in [1.82, 2.24) is 0 Å². The molecular weight excluding hydrogens is 132 g/mol. The monoisotopic (exact) mass is 148 g/mol. The first-order valence-corrected chi connectivity index (χ1v) is 4.35. The molecule has 0 bridgehead atoms. The van der Waals surface area contributed by atoms with Crippen molar-refractivity contribution in [3.63, 3.8) is 0 Å². The van der Waals surface area contributed by atoms with E-state index < -0.39 is 0 Å². The van der Waals surface area contributed by atoms with Gasteiger partial charge in [-0.05, 0) is 24.8 Å². The number of rotatable bonds is 3. The van der Waals surface area contributed by atoms with Crippen molar-refractivity contribution in [3.8, 4) is 0 Å². The van der Waals surface area contributed by atoms with Gasteiger partial charge in [0, 0.05) is 0 Å². The van der Waals surface area contributed by atoms with Crippen LogP contribution in [0.5, 0.6) is 0 Å². The first-order valence-electron chi connectivity index (χ1n) is 4.35. The third-order valence-corrected chi connectivity index (χ3v) is 2.31. The van der Waals surface area contributed by atoms with E-state index in [9.17, 15) is 0 Å². The van der Waals surface area contributed by atoms with Gasteiger partial charge in [-0.3, -0.25) is 0 Å². The predicted octanol–water partition coefficient (Wildman–Crippen LogP) is 3.62. The zero-order valence-electron chi connectivity index (χ0n) is 7.48. The zero-order chi connectivity index (χ0) is 8.27. The van der Waals surface area contributed by atoms with E-state index in [1.54, 1.807) is 11.1 Å². The van der Waals surface area contributed by atoms with Gasteiger partial charge in [0.05, 0.1) is 0 Å². The Labute approximate surface area is 69.3 Å². The van der Waals surface area contributed by atoms with Crippen LogP contribution >= 0.6 is 0 Å². The van der Waals surface area contributed by atoms with E-state index in [-0.39, 0.29) is 0 Å². The van der Waals surface area contributed by atoms with E-state index in [0.29, 0.717) is 0 Å². The summed E-state index contributed by atoms with van der Waals surface area (Å²) in [5.74, 6) is 0. The Hall–Kier alpha value is -0.780. The molecule has 1 aliphatic rings. The highest BCUT2D eigenvalue weighted by molar-refractivity contribution is 5.44. The average Bonchev–Trinajstić information content (AvgIpc) is 2.46. The van der Waals surface area contributed by atoms with Gasteiger partial charge in [-0.15, -0.1) is 0 Å². The maximum atomic E-state index is 3.81. The van der Waals surface area contributed by atoms with Gasteiger partial charge in [-0.2, -0.15) is 0 Å². The molecule has 0 unspecified atom stereocenters. The predicted molar refractivity (Wildman–Crippen MR) is 50.5 cm³/mol. The average molecular weight is 148 g/mol. The minimum atomic E-state index is 1.17. The van der Waals surface area contributed by atoms with Crippen molar-refractivity contribution in [1.29, 1.82) is 0 Å². The summed E-state index contributed by atoms with van der Waals surface area (Å²) in [6, 6.07) is 0. The van der Waals surface area contributed by atoms with E-state index in [2.05, 4.69) is 26.5 Å². The Morgan fingerprint density at radius 2 is 2.18 bits per heavy atom. The number of hydrogen-bond acceptors (Lipinski definition) is 0. The standard InChI is InChI=1S/C11H16/c1-4-9-7-10(5-2)11(6-3)8-9/h5,7H,2,4,6,8H2,1,3H3. The summed E-state index contributed by atoms with van der Waals surface area (Å²) >= 11 is 0. The smallest absolute Gasteiger partial charge is 0.00963 e. The van der Waals surface area contributed by atoms with E-state index in [0.717, 1.165) is 0 Å². The lowest BCUT2D eigenvalue weighted by Crippen LogP contribution is -1.79. The van der Waals surface area contributed by atoms with Crippen LogP contribution in [0.25, 0.3) is 0 Å². The second kappa shape index (κ2) is 3.56. The fourth-order valence-corrected chi connectivity index (χ4v) is 1.51. The van der Waals surface area contributed by atoms with Crippen LogP contribution in [0.2, 0.25) is 0 Å². The summed E-state index contributed by atoms with van der Waals surface area (Å²) in [5.41, 5.74) is 4.47. The molecule has 0 aliphatic heterocycles. The summed E-state index contributed by atoms with van der Waals surface area (Å²) in [7, 11) is 0. The quantitative estimate of drug-likeness (QED) is 0.573. The maximum Gasteiger partial charge on any atom is -0.00963 e. The molecule has 0 heterocycles. The Morgan fingerprint density at radius 3 is 2.55 bits per heavy atom. The van der Waals surface area contributed by atoms with Crippen LogP contribution in [0.1, 0.15) is 33.1 Å². The molecular formula is C11H16. The third-order valence-electron chi connectivity index (χ3n) is 2.31. The first kappa shape index (κ1) is 8.32. The van der Waals surface area contributed by atoms with Crippen molar-refractivity contribution >= 4 is 0 Å². The molecule has 0 aromatic carbocycles. The van der Waals surface area contributed by atoms with Gasteiger partial charge >= 0.3 is 0 Å². The molecule has 11 heavy (non-hydrogen) atoms. The lowest BCUT2D eigenvalue weighted by atomic mass is 10.1. The Bertz CT molecular complexity index is 216. The molecule has 0 fully saturated rings. The molecule has 60 valence electrons. The van der Waals surface area contributed by atoms with Gasteiger partial charge in [0.2, 0.25) is 0 Å². The highest BCUT2D eigenvalue weighted by Crippen LogP contribution is 2.29. The maximum absolute atomic E-state index is 3.81. The molecule has 0 heteroatoms. The van der Waals surface area contributed by atoms with Crippen LogP contribution < -0.4 is 0 Å². The second-order valence-electron chi connectivity index (χ2n) is 2.95. The molecule has 0 atom stereocenters. The van der Waals surface area contributed by atoms with Crippen LogP contribution in [0.4, 0.5) is 0 Å². The molecule has 0 nitrogen and oxygen atoms in total. The van der Waals surface area contributed by atoms with E-state index in [1.165, 1.54) is 24.8 Å². The highest BCUT2D eigenvalue weighted by atomic mass is 14.1. The van der Waals surface area contributed by atoms with E-state index in [1.807, 2.05) is 6.08 Å². The van der Waals surface area contributed by atoms with Crippen LogP contribution in [0.3, 0.4) is 0 Å². The summed E-state index contributed by atoms with van der Waals surface area (Å²) in [5, 5.41) is 0. The Balaban J connectivity index is 2.77. The Kier molecular flexibility index (Phi) is 2.70. The summed E-state index contributed by atoms with van der Waals surface area (Å²) < 4.78 is 0. The largest absolute Gasteiger partial charge is 0.0985 e. The minimum absolute atomic E-state index is 1.17. The fraction of sp³-hybridized carbons (Fsp3) is 0.455. The van der Waals surface area contributed by atoms with Crippen LogP contribution in [-0.4, -0.2) is 0 Å². The molecule has 0 N–H and O–H groups in total. The van der Waals surface area contributed by atoms with Gasteiger partial charge in [0.15, 0.2) is 0 Å². The highest BCUT2D eigenvalue weighted by Gasteiger charge is 2.09. The van der Waals surface area contributed by atoms with Gasteiger partial charge < -0.3 is 0 Å². The lowest BCUT2D eigenvalue weighted by molar-refractivity contribution is 0.958. The van der Waals surface area contributed by atoms with Crippen LogP contribution in [-0.2, 0) is 0 Å². The minimum Gasteiger partial charge on any atom is -0.0985 e. The van der Waals surface area contributed by atoms with Crippen molar-refractivity contribution in [3.05, 3.63) is 35.5 Å². The zero-order valence-corrected chi connectivity index (χ0v) is 7.48. The number of allylic oxidation sites excluding steroid dienone is 5. The van der Waals surface area contributed by atoms with Crippen molar-refractivity contribution in [2.24, 2.45) is 0 Å². The SMILES string of the molecule is C=CC1=C(CC)CC(CC)=C1. The van der Waals surface area contributed by atoms with Crippen LogP contribution in [0.15, 0.2) is 35.5 Å². The van der Waals surface area contributed by atoms with Gasteiger partial charge in [0.25, 0.3) is 0 Å². The third kappa shape index (κ3) is 1.62. The van der Waals surface area contributed by atoms with Crippen molar-refractivity contribution in [2.75, 3.05) is 0 Å². The summed E-state index contributed by atoms with van der Waals surface area (Å²) in [6.45, 7) is 8.23.